The summed E-state index contributed by atoms with van der Waals surface area (Å²) >= 11 is 0. The first-order valence-electron chi connectivity index (χ1n) is 12.2. The molecule has 6 nitrogen and oxygen atoms in total. The molecule has 1 rings (SSSR count). The molecule has 0 aromatic heterocycles. The van der Waals surface area contributed by atoms with E-state index in [0.717, 1.165) is 18.4 Å². The Balaban J connectivity index is 2.40. The van der Waals surface area contributed by atoms with E-state index in [2.05, 4.69) is 12.2 Å². The summed E-state index contributed by atoms with van der Waals surface area (Å²) in [4.78, 5) is 12.0. The molecule has 0 heterocycles. The van der Waals surface area contributed by atoms with Gasteiger partial charge in [0, 0.05) is 11.8 Å². The minimum atomic E-state index is -0.651. The molecule has 0 fully saturated rings. The van der Waals surface area contributed by atoms with Crippen molar-refractivity contribution in [1.82, 2.24) is 5.32 Å². The maximum atomic E-state index is 12.0. The van der Waals surface area contributed by atoms with Crippen LogP contribution in [0.4, 0.5) is 4.79 Å². The van der Waals surface area contributed by atoms with Crippen LogP contribution in [0.25, 0.3) is 0 Å². The van der Waals surface area contributed by atoms with Crippen molar-refractivity contribution < 1.29 is 24.5 Å². The van der Waals surface area contributed by atoms with Gasteiger partial charge in [-0.3, -0.25) is 0 Å². The zero-order chi connectivity index (χ0) is 24.9. The number of nitrogens with one attached hydrogen (secondary N) is 1. The van der Waals surface area contributed by atoms with Gasteiger partial charge in [-0.1, -0.05) is 69.7 Å². The predicted octanol–water partition coefficient (Wildman–Crippen LogP) is 5.23. The van der Waals surface area contributed by atoms with Gasteiger partial charge in [0.05, 0.1) is 31.5 Å². The summed E-state index contributed by atoms with van der Waals surface area (Å²) in [6.07, 6.45) is 5.19. The van der Waals surface area contributed by atoms with Crippen LogP contribution in [0.3, 0.4) is 0 Å². The summed E-state index contributed by atoms with van der Waals surface area (Å²) in [6.45, 7) is 12.3. The highest BCUT2D eigenvalue weighted by Crippen LogP contribution is 2.20. The maximum absolute atomic E-state index is 12.0. The minimum Gasteiger partial charge on any atom is -0.444 e. The summed E-state index contributed by atoms with van der Waals surface area (Å²) < 4.78 is 11.1. The van der Waals surface area contributed by atoms with E-state index in [0.29, 0.717) is 26.1 Å². The van der Waals surface area contributed by atoms with Gasteiger partial charge in [0.1, 0.15) is 5.60 Å². The molecule has 6 heteroatoms. The van der Waals surface area contributed by atoms with E-state index < -0.39 is 23.9 Å². The van der Waals surface area contributed by atoms with E-state index in [1.54, 1.807) is 0 Å². The van der Waals surface area contributed by atoms with E-state index in [-0.39, 0.29) is 17.9 Å². The molecule has 0 aliphatic rings. The number of carbonyl (C=O) groups is 1. The molecular weight excluding hydrogens is 418 g/mol. The first-order chi connectivity index (χ1) is 15.5. The first-order valence-corrected chi connectivity index (χ1v) is 12.2. The third-order valence-corrected chi connectivity index (χ3v) is 5.52. The van der Waals surface area contributed by atoms with Crippen molar-refractivity contribution in [1.29, 1.82) is 0 Å². The number of carbonyl (C=O) groups excluding carboxylic acids is 1. The number of alkyl carbamates (subject to hydrolysis) is 1. The van der Waals surface area contributed by atoms with Crippen molar-refractivity contribution >= 4 is 6.09 Å². The molecular formula is C27H45NO5. The van der Waals surface area contributed by atoms with Crippen LogP contribution in [0, 0.1) is 11.8 Å². The number of benzene rings is 1. The van der Waals surface area contributed by atoms with Crippen molar-refractivity contribution in [3.05, 3.63) is 48.0 Å². The molecule has 0 saturated carbocycles. The Morgan fingerprint density at radius 3 is 2.39 bits per heavy atom. The molecule has 188 valence electrons. The number of rotatable bonds is 14. The van der Waals surface area contributed by atoms with Crippen molar-refractivity contribution in [2.24, 2.45) is 11.8 Å². The summed E-state index contributed by atoms with van der Waals surface area (Å²) in [5.41, 5.74) is 0.566. The topological polar surface area (TPSA) is 88.0 Å². The highest BCUT2D eigenvalue weighted by Gasteiger charge is 2.26. The molecule has 0 radical (unpaired) electrons. The Morgan fingerprint density at radius 1 is 1.12 bits per heavy atom. The molecule has 3 N–H and O–H groups in total. The molecule has 0 aliphatic carbocycles. The summed E-state index contributed by atoms with van der Waals surface area (Å²) in [5, 5.41) is 24.1. The highest BCUT2D eigenvalue weighted by atomic mass is 16.6. The van der Waals surface area contributed by atoms with Gasteiger partial charge in [0.25, 0.3) is 0 Å². The van der Waals surface area contributed by atoms with Gasteiger partial charge in [-0.2, -0.15) is 0 Å². The predicted molar refractivity (Wildman–Crippen MR) is 133 cm³/mol. The van der Waals surface area contributed by atoms with Crippen LogP contribution in [0.2, 0.25) is 0 Å². The summed E-state index contributed by atoms with van der Waals surface area (Å²) in [7, 11) is 0. The number of hydrogen-bond donors (Lipinski definition) is 3. The normalized spacial score (nSPS) is 16.7. The van der Waals surface area contributed by atoms with E-state index in [1.165, 1.54) is 0 Å². The van der Waals surface area contributed by atoms with Crippen LogP contribution in [-0.2, 0) is 16.1 Å². The fraction of sp³-hybridized carbons (Fsp3) is 0.667. The number of hydrogen-bond acceptors (Lipinski definition) is 5. The number of allylic oxidation sites excluding steroid dienone is 1. The average molecular weight is 464 g/mol. The third kappa shape index (κ3) is 12.8. The molecule has 1 aromatic rings. The fourth-order valence-corrected chi connectivity index (χ4v) is 3.56. The van der Waals surface area contributed by atoms with Gasteiger partial charge in [-0.25, -0.2) is 4.79 Å². The highest BCUT2D eigenvalue weighted by molar-refractivity contribution is 5.68. The van der Waals surface area contributed by atoms with Crippen molar-refractivity contribution in [2.75, 3.05) is 6.61 Å². The number of amides is 1. The first kappa shape index (κ1) is 29.1. The molecule has 0 bridgehead atoms. The smallest absolute Gasteiger partial charge is 0.408 e. The molecule has 1 amide bonds. The standard InChI is InChI=1S/C27H45NO5/c1-7-13-23(28-26(31)33-27(4,5)6)16-11-12-17-24(29)21(3)25(30)20(2)18-32-19-22-14-9-8-10-15-22/h8-11,14-16,20-21,23-25,29-30H,7,12-13,17-19H2,1-6H3,(H,28,31)/b16-11-/t20-,21-,23-,24-,25-/m1/s1. The van der Waals surface area contributed by atoms with Crippen molar-refractivity contribution in [2.45, 2.75) is 97.7 Å². The van der Waals surface area contributed by atoms with Crippen LogP contribution < -0.4 is 5.32 Å². The number of aliphatic hydroxyl groups is 2. The molecule has 33 heavy (non-hydrogen) atoms. The summed E-state index contributed by atoms with van der Waals surface area (Å²) in [6, 6.07) is 9.83. The Bertz CT molecular complexity index is 686. The SMILES string of the molecule is CCC[C@H](/C=C\CC[C@@H](O)[C@@H](C)[C@H](O)[C@H](C)COCc1ccccc1)NC(=O)OC(C)(C)C. The van der Waals surface area contributed by atoms with E-state index in [9.17, 15) is 15.0 Å². The third-order valence-electron chi connectivity index (χ3n) is 5.52. The van der Waals surface area contributed by atoms with Crippen LogP contribution in [-0.4, -0.2) is 46.8 Å². The summed E-state index contributed by atoms with van der Waals surface area (Å²) in [5.74, 6) is -0.346. The van der Waals surface area contributed by atoms with Gasteiger partial charge in [0.2, 0.25) is 0 Å². The van der Waals surface area contributed by atoms with Gasteiger partial charge in [-0.15, -0.1) is 0 Å². The second kappa shape index (κ2) is 15.1. The van der Waals surface area contributed by atoms with E-state index in [4.69, 9.17) is 9.47 Å². The van der Waals surface area contributed by atoms with Crippen molar-refractivity contribution in [3.8, 4) is 0 Å². The van der Waals surface area contributed by atoms with Crippen LogP contribution in [0.5, 0.6) is 0 Å². The number of aliphatic hydroxyl groups excluding tert-OH is 2. The number of ether oxygens (including phenoxy) is 2. The maximum Gasteiger partial charge on any atom is 0.408 e. The lowest BCUT2D eigenvalue weighted by atomic mass is 9.88. The van der Waals surface area contributed by atoms with Crippen LogP contribution >= 0.6 is 0 Å². The molecule has 1 aromatic carbocycles. The molecule has 0 aliphatic heterocycles. The Labute approximate surface area is 200 Å². The van der Waals surface area contributed by atoms with Crippen LogP contribution in [0.15, 0.2) is 42.5 Å². The lowest BCUT2D eigenvalue weighted by molar-refractivity contribution is -0.0359. The van der Waals surface area contributed by atoms with Gasteiger partial charge in [-0.05, 0) is 45.6 Å². The lowest BCUT2D eigenvalue weighted by Crippen LogP contribution is -2.38. The Hall–Kier alpha value is -1.89. The largest absolute Gasteiger partial charge is 0.444 e. The second-order valence-electron chi connectivity index (χ2n) is 9.94. The fourth-order valence-electron chi connectivity index (χ4n) is 3.56. The Kier molecular flexibility index (Phi) is 13.3. The lowest BCUT2D eigenvalue weighted by Gasteiger charge is -2.28. The quantitative estimate of drug-likeness (QED) is 0.329. The van der Waals surface area contributed by atoms with Crippen LogP contribution in [0.1, 0.15) is 72.8 Å². The van der Waals surface area contributed by atoms with Gasteiger partial charge < -0.3 is 25.0 Å². The molecule has 0 saturated heterocycles. The van der Waals surface area contributed by atoms with E-state index >= 15 is 0 Å². The second-order valence-corrected chi connectivity index (χ2v) is 9.94. The molecule has 0 spiro atoms. The zero-order valence-corrected chi connectivity index (χ0v) is 21.3. The Morgan fingerprint density at radius 2 is 1.79 bits per heavy atom. The minimum absolute atomic E-state index is 0.0825. The molecule has 0 unspecified atom stereocenters. The average Bonchev–Trinajstić information content (AvgIpc) is 2.74. The molecule has 5 atom stereocenters. The zero-order valence-electron chi connectivity index (χ0n) is 21.3. The monoisotopic (exact) mass is 463 g/mol. The van der Waals surface area contributed by atoms with Crippen molar-refractivity contribution in [3.63, 3.8) is 0 Å². The van der Waals surface area contributed by atoms with E-state index in [1.807, 2.05) is 77.1 Å². The van der Waals surface area contributed by atoms with Gasteiger partial charge >= 0.3 is 6.09 Å². The van der Waals surface area contributed by atoms with Gasteiger partial charge in [0.15, 0.2) is 0 Å².